The van der Waals surface area contributed by atoms with E-state index in [1.807, 2.05) is 37.3 Å². The Morgan fingerprint density at radius 2 is 1.91 bits per heavy atom. The highest BCUT2D eigenvalue weighted by Gasteiger charge is 2.14. The van der Waals surface area contributed by atoms with E-state index in [4.69, 9.17) is 0 Å². The first-order chi connectivity index (χ1) is 10.6. The zero-order valence-corrected chi connectivity index (χ0v) is 13.8. The fourth-order valence-corrected chi connectivity index (χ4v) is 2.93. The van der Waals surface area contributed by atoms with Crippen LogP contribution in [-0.2, 0) is 0 Å². The molecule has 0 saturated heterocycles. The summed E-state index contributed by atoms with van der Waals surface area (Å²) < 4.78 is 0. The number of hydrogen-bond acceptors (Lipinski definition) is 2. The lowest BCUT2D eigenvalue weighted by Crippen LogP contribution is -2.27. The maximum Gasteiger partial charge on any atom is 0.252 e. The minimum atomic E-state index is -0.0414. The number of hydrogen-bond donors (Lipinski definition) is 1. The van der Waals surface area contributed by atoms with Crippen molar-refractivity contribution in [2.24, 2.45) is 0 Å². The third-order valence-electron chi connectivity index (χ3n) is 3.41. The van der Waals surface area contributed by atoms with Crippen LogP contribution in [0.3, 0.4) is 0 Å². The van der Waals surface area contributed by atoms with Gasteiger partial charge in [-0.3, -0.25) is 4.79 Å². The van der Waals surface area contributed by atoms with E-state index in [-0.39, 0.29) is 11.9 Å². The quantitative estimate of drug-likeness (QED) is 0.615. The second-order valence-electron chi connectivity index (χ2n) is 5.20. The smallest absolute Gasteiger partial charge is 0.252 e. The molecule has 0 bridgehead atoms. The van der Waals surface area contributed by atoms with E-state index >= 15 is 0 Å². The summed E-state index contributed by atoms with van der Waals surface area (Å²) in [4.78, 5) is 13.5. The zero-order valence-electron chi connectivity index (χ0n) is 13.0. The van der Waals surface area contributed by atoms with Gasteiger partial charge >= 0.3 is 0 Å². The number of aryl methyl sites for hydroxylation is 1. The van der Waals surface area contributed by atoms with Gasteiger partial charge in [-0.15, -0.1) is 18.3 Å². The Morgan fingerprint density at radius 1 is 1.23 bits per heavy atom. The van der Waals surface area contributed by atoms with Gasteiger partial charge in [-0.2, -0.15) is 0 Å². The van der Waals surface area contributed by atoms with E-state index in [0.29, 0.717) is 5.56 Å². The monoisotopic (exact) mass is 311 g/mol. The lowest BCUT2D eigenvalue weighted by molar-refractivity contribution is 0.0937. The second kappa shape index (κ2) is 7.85. The fourth-order valence-electron chi connectivity index (χ4n) is 2.14. The minimum Gasteiger partial charge on any atom is -0.345 e. The Bertz CT molecular complexity index is 649. The molecule has 0 heterocycles. The second-order valence-corrected chi connectivity index (χ2v) is 6.26. The SMILES string of the molecule is C=CCSc1ccccc1C(=O)N[C@@H](C)c1ccc(C)cc1. The molecular weight excluding hydrogens is 290 g/mol. The van der Waals surface area contributed by atoms with Gasteiger partial charge in [0, 0.05) is 10.6 Å². The average molecular weight is 311 g/mol. The van der Waals surface area contributed by atoms with Crippen molar-refractivity contribution in [3.63, 3.8) is 0 Å². The van der Waals surface area contributed by atoms with Crippen LogP contribution >= 0.6 is 11.8 Å². The summed E-state index contributed by atoms with van der Waals surface area (Å²) in [5, 5.41) is 3.07. The lowest BCUT2D eigenvalue weighted by Gasteiger charge is -2.16. The Kier molecular flexibility index (Phi) is 5.84. The van der Waals surface area contributed by atoms with Crippen molar-refractivity contribution in [3.8, 4) is 0 Å². The van der Waals surface area contributed by atoms with Gasteiger partial charge in [0.1, 0.15) is 0 Å². The third kappa shape index (κ3) is 4.25. The zero-order chi connectivity index (χ0) is 15.9. The first-order valence-electron chi connectivity index (χ1n) is 7.32. The van der Waals surface area contributed by atoms with Crippen LogP contribution in [0.4, 0.5) is 0 Å². The molecule has 3 heteroatoms. The van der Waals surface area contributed by atoms with E-state index in [1.54, 1.807) is 11.8 Å². The van der Waals surface area contributed by atoms with Gasteiger partial charge in [0.05, 0.1) is 11.6 Å². The van der Waals surface area contributed by atoms with E-state index < -0.39 is 0 Å². The van der Waals surface area contributed by atoms with Crippen LogP contribution in [0.25, 0.3) is 0 Å². The van der Waals surface area contributed by atoms with Crippen LogP contribution < -0.4 is 5.32 Å². The molecule has 0 aliphatic rings. The standard InChI is InChI=1S/C19H21NOS/c1-4-13-22-18-8-6-5-7-17(18)19(21)20-15(3)16-11-9-14(2)10-12-16/h4-12,15H,1,13H2,2-3H3,(H,20,21)/t15-/m0/s1. The first-order valence-corrected chi connectivity index (χ1v) is 8.30. The van der Waals surface area contributed by atoms with Crippen molar-refractivity contribution in [3.05, 3.63) is 77.9 Å². The molecule has 0 saturated carbocycles. The van der Waals surface area contributed by atoms with Crippen LogP contribution in [0, 0.1) is 6.92 Å². The summed E-state index contributed by atoms with van der Waals surface area (Å²) in [6.07, 6.45) is 1.84. The molecular formula is C19H21NOS. The van der Waals surface area contributed by atoms with Crippen LogP contribution in [0.1, 0.15) is 34.5 Å². The molecule has 114 valence electrons. The molecule has 2 aromatic rings. The van der Waals surface area contributed by atoms with Gasteiger partial charge in [-0.25, -0.2) is 0 Å². The van der Waals surface area contributed by atoms with Crippen molar-refractivity contribution >= 4 is 17.7 Å². The number of carbonyl (C=O) groups excluding carboxylic acids is 1. The fraction of sp³-hybridized carbons (Fsp3) is 0.211. The van der Waals surface area contributed by atoms with Crippen molar-refractivity contribution < 1.29 is 4.79 Å². The number of amides is 1. The summed E-state index contributed by atoms with van der Waals surface area (Å²) in [5.41, 5.74) is 3.04. The summed E-state index contributed by atoms with van der Waals surface area (Å²) >= 11 is 1.62. The maximum atomic E-state index is 12.5. The summed E-state index contributed by atoms with van der Waals surface area (Å²) in [6.45, 7) is 7.78. The largest absolute Gasteiger partial charge is 0.345 e. The summed E-state index contributed by atoms with van der Waals surface area (Å²) in [6, 6.07) is 15.9. The number of thioether (sulfide) groups is 1. The Balaban J connectivity index is 2.11. The van der Waals surface area contributed by atoms with Crippen LogP contribution in [0.15, 0.2) is 66.1 Å². The Labute approximate surface area is 136 Å². The molecule has 0 aromatic heterocycles. The normalized spacial score (nSPS) is 11.7. The summed E-state index contributed by atoms with van der Waals surface area (Å²) in [5.74, 6) is 0.748. The highest BCUT2D eigenvalue weighted by atomic mass is 32.2. The first kappa shape index (κ1) is 16.4. The highest BCUT2D eigenvalue weighted by Crippen LogP contribution is 2.23. The predicted molar refractivity (Wildman–Crippen MR) is 94.4 cm³/mol. The van der Waals surface area contributed by atoms with Crippen molar-refractivity contribution in [1.82, 2.24) is 5.32 Å². The van der Waals surface area contributed by atoms with E-state index in [1.165, 1.54) is 5.56 Å². The molecule has 1 atom stereocenters. The number of benzene rings is 2. The molecule has 22 heavy (non-hydrogen) atoms. The van der Waals surface area contributed by atoms with Crippen molar-refractivity contribution in [2.45, 2.75) is 24.8 Å². The maximum absolute atomic E-state index is 12.5. The van der Waals surface area contributed by atoms with Gasteiger partial charge < -0.3 is 5.32 Å². The number of carbonyl (C=O) groups is 1. The van der Waals surface area contributed by atoms with Gasteiger partial charge in [0.2, 0.25) is 0 Å². The minimum absolute atomic E-state index is 0.0226. The third-order valence-corrected chi connectivity index (χ3v) is 4.48. The molecule has 0 unspecified atom stereocenters. The average Bonchev–Trinajstić information content (AvgIpc) is 2.53. The topological polar surface area (TPSA) is 29.1 Å². The van der Waals surface area contributed by atoms with Gasteiger partial charge in [0.15, 0.2) is 0 Å². The molecule has 0 fully saturated rings. The molecule has 0 aliphatic heterocycles. The summed E-state index contributed by atoms with van der Waals surface area (Å²) in [7, 11) is 0. The lowest BCUT2D eigenvalue weighted by atomic mass is 10.1. The van der Waals surface area contributed by atoms with Crippen LogP contribution in [0.2, 0.25) is 0 Å². The Morgan fingerprint density at radius 3 is 2.59 bits per heavy atom. The van der Waals surface area contributed by atoms with E-state index in [0.717, 1.165) is 16.2 Å². The van der Waals surface area contributed by atoms with E-state index in [9.17, 15) is 4.79 Å². The van der Waals surface area contributed by atoms with E-state index in [2.05, 4.69) is 43.1 Å². The Hall–Kier alpha value is -2.00. The number of nitrogens with one attached hydrogen (secondary N) is 1. The molecule has 0 aliphatic carbocycles. The van der Waals surface area contributed by atoms with Crippen molar-refractivity contribution in [2.75, 3.05) is 5.75 Å². The van der Waals surface area contributed by atoms with Crippen LogP contribution in [0.5, 0.6) is 0 Å². The molecule has 0 spiro atoms. The molecule has 2 nitrogen and oxygen atoms in total. The van der Waals surface area contributed by atoms with Crippen LogP contribution in [-0.4, -0.2) is 11.7 Å². The van der Waals surface area contributed by atoms with Gasteiger partial charge in [-0.1, -0.05) is 48.0 Å². The predicted octanol–water partition coefficient (Wildman–Crippen LogP) is 4.76. The molecule has 1 amide bonds. The van der Waals surface area contributed by atoms with Crippen molar-refractivity contribution in [1.29, 1.82) is 0 Å². The van der Waals surface area contributed by atoms with Gasteiger partial charge in [-0.05, 0) is 31.5 Å². The van der Waals surface area contributed by atoms with Gasteiger partial charge in [0.25, 0.3) is 5.91 Å². The molecule has 0 radical (unpaired) electrons. The molecule has 1 N–H and O–H groups in total. The molecule has 2 aromatic carbocycles. The molecule has 2 rings (SSSR count). The highest BCUT2D eigenvalue weighted by molar-refractivity contribution is 7.99. The number of rotatable bonds is 6.